The second-order valence-corrected chi connectivity index (χ2v) is 5.40. The van der Waals surface area contributed by atoms with Crippen molar-refractivity contribution in [1.82, 2.24) is 15.1 Å². The first-order valence-electron chi connectivity index (χ1n) is 7.29. The summed E-state index contributed by atoms with van der Waals surface area (Å²) < 4.78 is 0. The van der Waals surface area contributed by atoms with Gasteiger partial charge in [-0.05, 0) is 17.5 Å². The zero-order valence-electron chi connectivity index (χ0n) is 12.4. The summed E-state index contributed by atoms with van der Waals surface area (Å²) in [5.41, 5.74) is 2.27. The number of amides is 2. The van der Waals surface area contributed by atoms with Crippen molar-refractivity contribution >= 4 is 17.6 Å². The average molecular weight is 298 g/mol. The lowest BCUT2D eigenvalue weighted by Gasteiger charge is -2.36. The molecule has 1 aliphatic rings. The smallest absolute Gasteiger partial charge is 0.227 e. The maximum Gasteiger partial charge on any atom is 0.227 e. The second kappa shape index (κ2) is 6.01. The molecule has 0 radical (unpaired) electrons. The van der Waals surface area contributed by atoms with Gasteiger partial charge in [0.2, 0.25) is 11.8 Å². The highest BCUT2D eigenvalue weighted by Gasteiger charge is 2.30. The van der Waals surface area contributed by atoms with Gasteiger partial charge in [0.25, 0.3) is 0 Å². The molecule has 0 fully saturated rings. The van der Waals surface area contributed by atoms with Crippen LogP contribution in [0.3, 0.4) is 0 Å². The van der Waals surface area contributed by atoms with Gasteiger partial charge >= 0.3 is 0 Å². The van der Waals surface area contributed by atoms with Crippen molar-refractivity contribution in [3.63, 3.8) is 0 Å². The average Bonchev–Trinajstić information content (AvgIpc) is 3.00. The second-order valence-electron chi connectivity index (χ2n) is 5.40. The third kappa shape index (κ3) is 2.86. The lowest BCUT2D eigenvalue weighted by molar-refractivity contribution is -0.132. The van der Waals surface area contributed by atoms with E-state index in [0.717, 1.165) is 12.0 Å². The van der Waals surface area contributed by atoms with Crippen LogP contribution < -0.4 is 5.32 Å². The molecule has 1 aromatic carbocycles. The lowest BCUT2D eigenvalue weighted by Crippen LogP contribution is -2.40. The standard InChI is InChI=1S/C16H18N4O2/c1-11(21)20-9-7-12-4-2-3-5-13(12)14(20)10-16(22)18-15-6-8-17-19-15/h2-6,8,14H,7,9-10H2,1H3,(H2,17,18,19,22). The van der Waals surface area contributed by atoms with Crippen molar-refractivity contribution in [1.29, 1.82) is 0 Å². The summed E-state index contributed by atoms with van der Waals surface area (Å²) in [6, 6.07) is 9.47. The van der Waals surface area contributed by atoms with Crippen LogP contribution in [0, 0.1) is 0 Å². The van der Waals surface area contributed by atoms with E-state index in [0.29, 0.717) is 12.4 Å². The van der Waals surface area contributed by atoms with Gasteiger partial charge in [0.05, 0.1) is 18.7 Å². The van der Waals surface area contributed by atoms with E-state index in [4.69, 9.17) is 0 Å². The van der Waals surface area contributed by atoms with Crippen LogP contribution >= 0.6 is 0 Å². The summed E-state index contributed by atoms with van der Waals surface area (Å²) in [7, 11) is 0. The highest BCUT2D eigenvalue weighted by Crippen LogP contribution is 2.32. The molecule has 6 nitrogen and oxygen atoms in total. The van der Waals surface area contributed by atoms with Crippen molar-refractivity contribution < 1.29 is 9.59 Å². The number of aromatic amines is 1. The number of rotatable bonds is 3. The summed E-state index contributed by atoms with van der Waals surface area (Å²) in [5, 5.41) is 9.26. The molecule has 0 saturated carbocycles. The van der Waals surface area contributed by atoms with E-state index in [1.165, 1.54) is 5.56 Å². The summed E-state index contributed by atoms with van der Waals surface area (Å²) in [6.45, 7) is 2.20. The molecule has 0 bridgehead atoms. The van der Waals surface area contributed by atoms with E-state index < -0.39 is 0 Å². The maximum absolute atomic E-state index is 12.3. The lowest BCUT2D eigenvalue weighted by atomic mass is 9.90. The molecule has 1 unspecified atom stereocenters. The van der Waals surface area contributed by atoms with Gasteiger partial charge in [-0.3, -0.25) is 14.7 Å². The van der Waals surface area contributed by atoms with E-state index in [-0.39, 0.29) is 24.3 Å². The Hall–Kier alpha value is -2.63. The van der Waals surface area contributed by atoms with Crippen molar-refractivity contribution in [3.8, 4) is 0 Å². The van der Waals surface area contributed by atoms with E-state index in [9.17, 15) is 9.59 Å². The van der Waals surface area contributed by atoms with E-state index >= 15 is 0 Å². The normalized spacial score (nSPS) is 17.0. The minimum Gasteiger partial charge on any atom is -0.335 e. The minimum atomic E-state index is -0.217. The molecule has 2 N–H and O–H groups in total. The van der Waals surface area contributed by atoms with E-state index in [2.05, 4.69) is 21.6 Å². The van der Waals surface area contributed by atoms with Crippen LogP contribution in [0.1, 0.15) is 30.5 Å². The van der Waals surface area contributed by atoms with Crippen LogP contribution in [0.25, 0.3) is 0 Å². The zero-order valence-corrected chi connectivity index (χ0v) is 12.4. The van der Waals surface area contributed by atoms with Gasteiger partial charge in [0, 0.05) is 19.5 Å². The first-order valence-corrected chi connectivity index (χ1v) is 7.29. The van der Waals surface area contributed by atoms with Gasteiger partial charge < -0.3 is 10.2 Å². The number of benzene rings is 1. The molecule has 1 aliphatic heterocycles. The van der Waals surface area contributed by atoms with Gasteiger partial charge in [-0.1, -0.05) is 24.3 Å². The Bertz CT molecular complexity index is 681. The largest absolute Gasteiger partial charge is 0.335 e. The number of fused-ring (bicyclic) bond motifs is 1. The minimum absolute atomic E-state index is 0.00570. The molecule has 22 heavy (non-hydrogen) atoms. The first-order chi connectivity index (χ1) is 10.6. The van der Waals surface area contributed by atoms with E-state index in [1.54, 1.807) is 24.1 Å². The molecule has 1 atom stereocenters. The first kappa shape index (κ1) is 14.3. The Morgan fingerprint density at radius 2 is 2.18 bits per heavy atom. The van der Waals surface area contributed by atoms with Crippen LogP contribution in [0.4, 0.5) is 5.82 Å². The quantitative estimate of drug-likeness (QED) is 0.908. The predicted molar refractivity (Wildman–Crippen MR) is 82.1 cm³/mol. The summed E-state index contributed by atoms with van der Waals surface area (Å²) in [5.74, 6) is 0.412. The molecule has 2 heterocycles. The molecule has 0 saturated heterocycles. The number of hydrogen-bond donors (Lipinski definition) is 2. The zero-order chi connectivity index (χ0) is 15.5. The highest BCUT2D eigenvalue weighted by molar-refractivity contribution is 5.90. The number of carbonyl (C=O) groups is 2. The summed E-state index contributed by atoms with van der Waals surface area (Å²) in [6.07, 6.45) is 2.64. The Morgan fingerprint density at radius 1 is 1.36 bits per heavy atom. The monoisotopic (exact) mass is 298 g/mol. The number of anilines is 1. The van der Waals surface area contributed by atoms with Crippen molar-refractivity contribution in [2.24, 2.45) is 0 Å². The molecule has 6 heteroatoms. The molecular weight excluding hydrogens is 280 g/mol. The molecule has 0 spiro atoms. The Morgan fingerprint density at radius 3 is 2.91 bits per heavy atom. The van der Waals surface area contributed by atoms with Crippen molar-refractivity contribution in [2.45, 2.75) is 25.8 Å². The Balaban J connectivity index is 1.81. The molecular formula is C16H18N4O2. The summed E-state index contributed by atoms with van der Waals surface area (Å²) >= 11 is 0. The third-order valence-corrected chi connectivity index (χ3v) is 3.97. The predicted octanol–water partition coefficient (Wildman–Crippen LogP) is 1.88. The molecule has 1 aromatic heterocycles. The van der Waals surface area contributed by atoms with Crippen molar-refractivity contribution in [2.75, 3.05) is 11.9 Å². The fourth-order valence-electron chi connectivity index (χ4n) is 2.95. The number of aromatic nitrogens is 2. The third-order valence-electron chi connectivity index (χ3n) is 3.97. The molecule has 2 amide bonds. The Labute approximate surface area is 128 Å². The van der Waals surface area contributed by atoms with Crippen LogP contribution in [-0.4, -0.2) is 33.5 Å². The van der Waals surface area contributed by atoms with Gasteiger partial charge in [-0.15, -0.1) is 0 Å². The highest BCUT2D eigenvalue weighted by atomic mass is 16.2. The Kier molecular flexibility index (Phi) is 3.91. The fourth-order valence-corrected chi connectivity index (χ4v) is 2.95. The topological polar surface area (TPSA) is 78.1 Å². The van der Waals surface area contributed by atoms with Gasteiger partial charge in [0.1, 0.15) is 5.82 Å². The number of nitrogens with zero attached hydrogens (tertiary/aromatic N) is 2. The summed E-state index contributed by atoms with van der Waals surface area (Å²) in [4.78, 5) is 25.9. The maximum atomic E-state index is 12.3. The SMILES string of the molecule is CC(=O)N1CCc2ccccc2C1CC(=O)Nc1ccn[nH]1. The van der Waals surface area contributed by atoms with Gasteiger partial charge in [-0.25, -0.2) is 0 Å². The van der Waals surface area contributed by atoms with Crippen LogP contribution in [-0.2, 0) is 16.0 Å². The molecule has 2 aromatic rings. The van der Waals surface area contributed by atoms with Crippen LogP contribution in [0.15, 0.2) is 36.5 Å². The molecule has 114 valence electrons. The number of H-pyrrole nitrogens is 1. The number of hydrogen-bond acceptors (Lipinski definition) is 3. The van der Waals surface area contributed by atoms with Crippen LogP contribution in [0.5, 0.6) is 0 Å². The fraction of sp³-hybridized carbons (Fsp3) is 0.312. The van der Waals surface area contributed by atoms with Crippen LogP contribution in [0.2, 0.25) is 0 Å². The van der Waals surface area contributed by atoms with Gasteiger partial charge in [0.15, 0.2) is 0 Å². The molecule has 0 aliphatic carbocycles. The van der Waals surface area contributed by atoms with E-state index in [1.807, 2.05) is 18.2 Å². The van der Waals surface area contributed by atoms with Gasteiger partial charge in [-0.2, -0.15) is 5.10 Å². The van der Waals surface area contributed by atoms with Crippen molar-refractivity contribution in [3.05, 3.63) is 47.7 Å². The number of nitrogens with one attached hydrogen (secondary N) is 2. The number of carbonyl (C=O) groups excluding carboxylic acids is 2. The molecule has 3 rings (SSSR count).